The fourth-order valence-electron chi connectivity index (χ4n) is 6.02. The van der Waals surface area contributed by atoms with Crippen LogP contribution in [0.5, 0.6) is 0 Å². The number of benzene rings is 2. The van der Waals surface area contributed by atoms with Gasteiger partial charge in [-0.15, -0.1) is 0 Å². The highest BCUT2D eigenvalue weighted by atomic mass is 19.1. The normalized spacial score (nSPS) is 18.8. The molecule has 2 aromatic heterocycles. The number of nitriles is 1. The summed E-state index contributed by atoms with van der Waals surface area (Å²) in [5, 5.41) is 16.8. The summed E-state index contributed by atoms with van der Waals surface area (Å²) in [6, 6.07) is 12.4. The van der Waals surface area contributed by atoms with E-state index in [9.17, 15) is 18.8 Å². The van der Waals surface area contributed by atoms with Crippen LogP contribution in [0.25, 0.3) is 33.3 Å². The van der Waals surface area contributed by atoms with Gasteiger partial charge in [-0.3, -0.25) is 0 Å². The first-order valence-electron chi connectivity index (χ1n) is 13.9. The first kappa shape index (κ1) is 26.7. The third-order valence-electron chi connectivity index (χ3n) is 8.01. The highest BCUT2D eigenvalue weighted by Gasteiger charge is 2.29. The molecule has 0 radical (unpaired) electrons. The monoisotopic (exact) mass is 558 g/mol. The predicted molar refractivity (Wildman–Crippen MR) is 151 cm³/mol. The number of hydrogen-bond acceptors (Lipinski definition) is 4. The number of pyridine rings is 1. The van der Waals surface area contributed by atoms with E-state index in [1.165, 1.54) is 12.3 Å². The third-order valence-corrected chi connectivity index (χ3v) is 8.01. The molecule has 3 N–H and O–H groups in total. The number of likely N-dealkylation sites (tertiary alicyclic amines) is 1. The second-order valence-corrected chi connectivity index (χ2v) is 10.7. The van der Waals surface area contributed by atoms with Crippen molar-refractivity contribution >= 4 is 22.8 Å². The minimum atomic E-state index is -0.780. The van der Waals surface area contributed by atoms with Crippen LogP contribution in [-0.4, -0.2) is 46.1 Å². The number of nitrogens with one attached hydrogen (secondary N) is 3. The van der Waals surface area contributed by atoms with Gasteiger partial charge in [-0.25, -0.2) is 22.9 Å². The Balaban J connectivity index is 1.39. The Morgan fingerprint density at radius 3 is 2.56 bits per heavy atom. The lowest BCUT2D eigenvalue weighted by Crippen LogP contribution is -2.47. The number of aromatic amines is 1. The Morgan fingerprint density at radius 2 is 1.80 bits per heavy atom. The van der Waals surface area contributed by atoms with Crippen molar-refractivity contribution in [1.29, 1.82) is 5.26 Å². The number of rotatable bonds is 5. The molecule has 2 amide bonds. The van der Waals surface area contributed by atoms with E-state index in [1.54, 1.807) is 30.3 Å². The van der Waals surface area contributed by atoms with Crippen molar-refractivity contribution in [2.24, 2.45) is 0 Å². The SMILES string of the molecule is N#Cc1c(-c2c[nH]c3c(F)cc(F)cc23)nc(N[C@@H]2CCC[C@H](NC(=O)N3CCCC3)C2)c(F)c1-c1ccccc1. The first-order chi connectivity index (χ1) is 19.9. The zero-order chi connectivity index (χ0) is 28.5. The molecule has 0 unspecified atom stereocenters. The van der Waals surface area contributed by atoms with Gasteiger partial charge in [0, 0.05) is 53.9 Å². The molecule has 7 nitrogen and oxygen atoms in total. The molecule has 1 saturated carbocycles. The lowest BCUT2D eigenvalue weighted by atomic mass is 9.90. The molecular weight excluding hydrogens is 529 g/mol. The van der Waals surface area contributed by atoms with Gasteiger partial charge in [-0.05, 0) is 50.2 Å². The van der Waals surface area contributed by atoms with E-state index in [4.69, 9.17) is 0 Å². The number of urea groups is 1. The fraction of sp³-hybridized carbons (Fsp3) is 0.323. The summed E-state index contributed by atoms with van der Waals surface area (Å²) in [5.74, 6) is -2.29. The van der Waals surface area contributed by atoms with Gasteiger partial charge in [-0.1, -0.05) is 30.3 Å². The van der Waals surface area contributed by atoms with Crippen LogP contribution in [0.3, 0.4) is 0 Å². The number of H-pyrrole nitrogens is 1. The van der Waals surface area contributed by atoms with Gasteiger partial charge >= 0.3 is 6.03 Å². The molecule has 2 aromatic carbocycles. The van der Waals surface area contributed by atoms with E-state index in [1.807, 2.05) is 4.90 Å². The van der Waals surface area contributed by atoms with Crippen molar-refractivity contribution in [2.75, 3.05) is 18.4 Å². The maximum Gasteiger partial charge on any atom is 0.317 e. The molecule has 1 saturated heterocycles. The van der Waals surface area contributed by atoms with E-state index in [0.29, 0.717) is 12.0 Å². The summed E-state index contributed by atoms with van der Waals surface area (Å²) in [5.41, 5.74) is 0.961. The summed E-state index contributed by atoms with van der Waals surface area (Å²) in [7, 11) is 0. The molecule has 2 fully saturated rings. The van der Waals surface area contributed by atoms with Gasteiger partial charge in [0.05, 0.1) is 16.8 Å². The molecule has 1 aliphatic heterocycles. The van der Waals surface area contributed by atoms with Crippen LogP contribution in [0, 0.1) is 28.8 Å². The van der Waals surface area contributed by atoms with E-state index >= 15 is 4.39 Å². The van der Waals surface area contributed by atoms with Crippen LogP contribution in [0.1, 0.15) is 44.1 Å². The van der Waals surface area contributed by atoms with E-state index in [-0.39, 0.29) is 57.2 Å². The van der Waals surface area contributed by atoms with Crippen molar-refractivity contribution in [3.8, 4) is 28.5 Å². The Hall–Kier alpha value is -4.52. The predicted octanol–water partition coefficient (Wildman–Crippen LogP) is 6.71. The molecule has 4 aromatic rings. The zero-order valence-corrected chi connectivity index (χ0v) is 22.3. The number of amides is 2. The van der Waals surface area contributed by atoms with Crippen LogP contribution in [-0.2, 0) is 0 Å². The summed E-state index contributed by atoms with van der Waals surface area (Å²) in [6.07, 6.45) is 6.46. The molecule has 2 aliphatic rings. The zero-order valence-electron chi connectivity index (χ0n) is 22.3. The molecule has 2 atom stereocenters. The molecule has 41 heavy (non-hydrogen) atoms. The molecular formula is C31H29F3N6O. The van der Waals surface area contributed by atoms with Gasteiger partial charge in [0.25, 0.3) is 0 Å². The molecule has 0 spiro atoms. The van der Waals surface area contributed by atoms with Crippen LogP contribution >= 0.6 is 0 Å². The fourth-order valence-corrected chi connectivity index (χ4v) is 6.02. The van der Waals surface area contributed by atoms with E-state index in [2.05, 4.69) is 26.7 Å². The van der Waals surface area contributed by atoms with Crippen LogP contribution in [0.2, 0.25) is 0 Å². The van der Waals surface area contributed by atoms with E-state index in [0.717, 1.165) is 51.3 Å². The van der Waals surface area contributed by atoms with Crippen molar-refractivity contribution < 1.29 is 18.0 Å². The third kappa shape index (κ3) is 5.20. The number of fused-ring (bicyclic) bond motifs is 1. The highest BCUT2D eigenvalue weighted by Crippen LogP contribution is 2.39. The number of carbonyl (C=O) groups excluding carboxylic acids is 1. The standard InChI is InChI=1S/C31H29F3N6O/c32-19-13-22-24(17-36-29(22)25(33)14-19)28-23(16-35)26(18-7-2-1-3-8-18)27(34)30(39-28)37-20-9-6-10-21(15-20)38-31(41)40-11-4-5-12-40/h1-3,7-8,13-14,17,20-21,36H,4-6,9-12,15H2,(H,37,39)(H,38,41)/t20-,21+/m1/s1. The Labute approximate surface area is 235 Å². The quantitative estimate of drug-likeness (QED) is 0.254. The lowest BCUT2D eigenvalue weighted by Gasteiger charge is -2.32. The highest BCUT2D eigenvalue weighted by molar-refractivity contribution is 5.98. The average molecular weight is 559 g/mol. The van der Waals surface area contributed by atoms with Crippen molar-refractivity contribution in [3.63, 3.8) is 0 Å². The minimum absolute atomic E-state index is 0.0378. The van der Waals surface area contributed by atoms with Crippen molar-refractivity contribution in [1.82, 2.24) is 20.2 Å². The smallest absolute Gasteiger partial charge is 0.317 e. The number of halogens is 3. The van der Waals surface area contributed by atoms with Gasteiger partial charge in [0.1, 0.15) is 17.7 Å². The molecule has 210 valence electrons. The largest absolute Gasteiger partial charge is 0.365 e. The summed E-state index contributed by atoms with van der Waals surface area (Å²) >= 11 is 0. The maximum absolute atomic E-state index is 16.3. The average Bonchev–Trinajstić information content (AvgIpc) is 3.66. The number of hydrogen-bond donors (Lipinski definition) is 3. The van der Waals surface area contributed by atoms with Gasteiger partial charge in [0.2, 0.25) is 0 Å². The van der Waals surface area contributed by atoms with Gasteiger partial charge in [-0.2, -0.15) is 5.26 Å². The Kier molecular flexibility index (Phi) is 7.26. The molecule has 1 aliphatic carbocycles. The van der Waals surface area contributed by atoms with Crippen molar-refractivity contribution in [2.45, 2.75) is 50.6 Å². The first-order valence-corrected chi connectivity index (χ1v) is 13.9. The van der Waals surface area contributed by atoms with Crippen LogP contribution in [0.4, 0.5) is 23.8 Å². The number of anilines is 1. The molecule has 3 heterocycles. The summed E-state index contributed by atoms with van der Waals surface area (Å²) in [4.78, 5) is 21.9. The number of aromatic nitrogens is 2. The van der Waals surface area contributed by atoms with Crippen LogP contribution in [0.15, 0.2) is 48.7 Å². The Bertz CT molecular complexity index is 1640. The molecule has 10 heteroatoms. The summed E-state index contributed by atoms with van der Waals surface area (Å²) < 4.78 is 45.0. The molecule has 6 rings (SSSR count). The number of nitrogens with zero attached hydrogens (tertiary/aromatic N) is 3. The minimum Gasteiger partial charge on any atom is -0.365 e. The molecule has 0 bridgehead atoms. The van der Waals surface area contributed by atoms with Crippen LogP contribution < -0.4 is 10.6 Å². The summed E-state index contributed by atoms with van der Waals surface area (Å²) in [6.45, 7) is 1.51. The second kappa shape index (κ2) is 11.2. The van der Waals surface area contributed by atoms with Gasteiger partial charge < -0.3 is 20.5 Å². The second-order valence-electron chi connectivity index (χ2n) is 10.7. The van der Waals surface area contributed by atoms with Gasteiger partial charge in [0.15, 0.2) is 11.6 Å². The van der Waals surface area contributed by atoms with Crippen molar-refractivity contribution in [3.05, 3.63) is 71.7 Å². The number of carbonyl (C=O) groups is 1. The van der Waals surface area contributed by atoms with E-state index < -0.39 is 17.5 Å². The Morgan fingerprint density at radius 1 is 1.05 bits per heavy atom. The maximum atomic E-state index is 16.3. The topological polar surface area (TPSA) is 96.8 Å². The lowest BCUT2D eigenvalue weighted by molar-refractivity contribution is 0.199.